The highest BCUT2D eigenvalue weighted by atomic mass is 16.6. The minimum Gasteiger partial charge on any atom is -0.373 e. The van der Waals surface area contributed by atoms with Crippen LogP contribution < -0.4 is 0 Å². The maximum Gasteiger partial charge on any atom is 0.0846 e. The normalized spacial score (nSPS) is 27.3. The maximum absolute atomic E-state index is 4.96. The Kier molecular flexibility index (Phi) is 1.15. The van der Waals surface area contributed by atoms with E-state index in [2.05, 4.69) is 6.58 Å². The smallest absolute Gasteiger partial charge is 0.0846 e. The molecule has 0 spiro atoms. The standard InChI is InChI=1S/C6H10O/c1-5(2)3-6-4-7-6/h6H,1,3-4H2,2H3/t6-/m1/s1. The molecule has 0 aromatic heterocycles. The first-order valence-corrected chi connectivity index (χ1v) is 2.55. The van der Waals surface area contributed by atoms with E-state index < -0.39 is 0 Å². The summed E-state index contributed by atoms with van der Waals surface area (Å²) in [5, 5.41) is 0. The van der Waals surface area contributed by atoms with Gasteiger partial charge in [0.2, 0.25) is 0 Å². The van der Waals surface area contributed by atoms with E-state index in [1.54, 1.807) is 0 Å². The van der Waals surface area contributed by atoms with Crippen molar-refractivity contribution in [2.75, 3.05) is 6.61 Å². The Morgan fingerprint density at radius 2 is 2.57 bits per heavy atom. The van der Waals surface area contributed by atoms with Crippen LogP contribution in [0, 0.1) is 0 Å². The van der Waals surface area contributed by atoms with Gasteiger partial charge in [-0.3, -0.25) is 0 Å². The molecule has 1 atom stereocenters. The van der Waals surface area contributed by atoms with Crippen LogP contribution in [0.3, 0.4) is 0 Å². The van der Waals surface area contributed by atoms with Crippen LogP contribution in [0.1, 0.15) is 13.3 Å². The fourth-order valence-corrected chi connectivity index (χ4v) is 0.575. The van der Waals surface area contributed by atoms with Crippen LogP contribution in [0.25, 0.3) is 0 Å². The summed E-state index contributed by atoms with van der Waals surface area (Å²) < 4.78 is 4.96. The van der Waals surface area contributed by atoms with Crippen LogP contribution in [0.5, 0.6) is 0 Å². The lowest BCUT2D eigenvalue weighted by Crippen LogP contribution is -1.82. The minimum absolute atomic E-state index is 0.525. The summed E-state index contributed by atoms with van der Waals surface area (Å²) in [6.45, 7) is 6.74. The van der Waals surface area contributed by atoms with Crippen molar-refractivity contribution in [3.63, 3.8) is 0 Å². The Balaban J connectivity index is 2.08. The average Bonchev–Trinajstić information content (AvgIpc) is 2.17. The van der Waals surface area contributed by atoms with E-state index in [0.717, 1.165) is 13.0 Å². The van der Waals surface area contributed by atoms with E-state index in [9.17, 15) is 0 Å². The first-order valence-electron chi connectivity index (χ1n) is 2.55. The number of epoxide rings is 1. The van der Waals surface area contributed by atoms with Gasteiger partial charge in [0.15, 0.2) is 0 Å². The quantitative estimate of drug-likeness (QED) is 0.375. The summed E-state index contributed by atoms with van der Waals surface area (Å²) in [6.07, 6.45) is 1.58. The first-order chi connectivity index (χ1) is 3.29. The molecule has 1 rings (SSSR count). The van der Waals surface area contributed by atoms with Crippen LogP contribution in [0.4, 0.5) is 0 Å². The number of ether oxygens (including phenoxy) is 1. The molecular weight excluding hydrogens is 88.1 g/mol. The van der Waals surface area contributed by atoms with Crippen molar-refractivity contribution < 1.29 is 4.74 Å². The molecule has 1 heteroatoms. The third kappa shape index (κ3) is 1.74. The summed E-state index contributed by atoms with van der Waals surface area (Å²) in [5.74, 6) is 0. The van der Waals surface area contributed by atoms with Crippen LogP contribution in [0.15, 0.2) is 12.2 Å². The Hall–Kier alpha value is -0.300. The highest BCUT2D eigenvalue weighted by molar-refractivity contribution is 4.93. The topological polar surface area (TPSA) is 12.5 Å². The Labute approximate surface area is 44.0 Å². The van der Waals surface area contributed by atoms with Crippen LogP contribution in [0.2, 0.25) is 0 Å². The zero-order valence-corrected chi connectivity index (χ0v) is 4.61. The molecule has 0 radical (unpaired) electrons. The van der Waals surface area contributed by atoms with Gasteiger partial charge in [-0.2, -0.15) is 0 Å². The molecule has 7 heavy (non-hydrogen) atoms. The lowest BCUT2D eigenvalue weighted by molar-refractivity contribution is 0.407. The second-order valence-corrected chi connectivity index (χ2v) is 2.12. The number of rotatable bonds is 2. The first kappa shape index (κ1) is 4.85. The van der Waals surface area contributed by atoms with Gasteiger partial charge in [-0.05, 0) is 13.3 Å². The molecule has 1 saturated heterocycles. The SMILES string of the molecule is C=C(C)C[C@@H]1CO1. The minimum atomic E-state index is 0.525. The van der Waals surface area contributed by atoms with Gasteiger partial charge < -0.3 is 4.74 Å². The van der Waals surface area contributed by atoms with E-state index in [4.69, 9.17) is 4.74 Å². The van der Waals surface area contributed by atoms with E-state index in [1.807, 2.05) is 6.92 Å². The highest BCUT2D eigenvalue weighted by Crippen LogP contribution is 2.16. The maximum atomic E-state index is 4.96. The molecule has 1 aliphatic heterocycles. The largest absolute Gasteiger partial charge is 0.373 e. The molecule has 1 aliphatic rings. The van der Waals surface area contributed by atoms with Gasteiger partial charge in [-0.15, -0.1) is 6.58 Å². The molecule has 0 bridgehead atoms. The number of hydrogen-bond acceptors (Lipinski definition) is 1. The molecular formula is C6H10O. The van der Waals surface area contributed by atoms with Crippen molar-refractivity contribution >= 4 is 0 Å². The summed E-state index contributed by atoms with van der Waals surface area (Å²) >= 11 is 0. The van der Waals surface area contributed by atoms with Gasteiger partial charge >= 0.3 is 0 Å². The molecule has 0 amide bonds. The lowest BCUT2D eigenvalue weighted by atomic mass is 10.2. The summed E-state index contributed by atoms with van der Waals surface area (Å²) in [6, 6.07) is 0. The Morgan fingerprint density at radius 3 is 2.71 bits per heavy atom. The summed E-state index contributed by atoms with van der Waals surface area (Å²) in [5.41, 5.74) is 1.22. The summed E-state index contributed by atoms with van der Waals surface area (Å²) in [7, 11) is 0. The Bertz CT molecular complexity index is 82.2. The average molecular weight is 98.1 g/mol. The molecule has 0 saturated carbocycles. The fraction of sp³-hybridized carbons (Fsp3) is 0.667. The lowest BCUT2D eigenvalue weighted by Gasteiger charge is -1.87. The predicted octanol–water partition coefficient (Wildman–Crippen LogP) is 1.35. The highest BCUT2D eigenvalue weighted by Gasteiger charge is 2.21. The van der Waals surface area contributed by atoms with E-state index >= 15 is 0 Å². The van der Waals surface area contributed by atoms with E-state index in [1.165, 1.54) is 5.57 Å². The van der Waals surface area contributed by atoms with Crippen molar-refractivity contribution in [2.45, 2.75) is 19.4 Å². The molecule has 0 aromatic rings. The third-order valence-corrected chi connectivity index (χ3v) is 0.979. The van der Waals surface area contributed by atoms with Crippen molar-refractivity contribution in [1.29, 1.82) is 0 Å². The van der Waals surface area contributed by atoms with Crippen LogP contribution in [-0.4, -0.2) is 12.7 Å². The molecule has 1 nitrogen and oxygen atoms in total. The predicted molar refractivity (Wildman–Crippen MR) is 29.2 cm³/mol. The summed E-state index contributed by atoms with van der Waals surface area (Å²) in [4.78, 5) is 0. The Morgan fingerprint density at radius 1 is 2.00 bits per heavy atom. The van der Waals surface area contributed by atoms with Crippen LogP contribution in [-0.2, 0) is 4.74 Å². The molecule has 0 aromatic carbocycles. The van der Waals surface area contributed by atoms with Gasteiger partial charge in [0.1, 0.15) is 0 Å². The van der Waals surface area contributed by atoms with Crippen molar-refractivity contribution in [2.24, 2.45) is 0 Å². The van der Waals surface area contributed by atoms with Gasteiger partial charge in [-0.1, -0.05) is 5.57 Å². The fourth-order valence-electron chi connectivity index (χ4n) is 0.575. The van der Waals surface area contributed by atoms with Crippen LogP contribution >= 0.6 is 0 Å². The van der Waals surface area contributed by atoms with Crippen molar-refractivity contribution in [3.8, 4) is 0 Å². The molecule has 1 fully saturated rings. The number of hydrogen-bond donors (Lipinski definition) is 0. The zero-order chi connectivity index (χ0) is 5.28. The van der Waals surface area contributed by atoms with Crippen molar-refractivity contribution in [3.05, 3.63) is 12.2 Å². The molecule has 1 heterocycles. The molecule has 40 valence electrons. The van der Waals surface area contributed by atoms with Gasteiger partial charge in [0, 0.05) is 0 Å². The molecule has 0 unspecified atom stereocenters. The molecule has 0 N–H and O–H groups in total. The monoisotopic (exact) mass is 98.1 g/mol. The van der Waals surface area contributed by atoms with Gasteiger partial charge in [-0.25, -0.2) is 0 Å². The van der Waals surface area contributed by atoms with E-state index in [-0.39, 0.29) is 0 Å². The third-order valence-electron chi connectivity index (χ3n) is 0.979. The zero-order valence-electron chi connectivity index (χ0n) is 4.61. The second-order valence-electron chi connectivity index (χ2n) is 2.12. The van der Waals surface area contributed by atoms with Crippen molar-refractivity contribution in [1.82, 2.24) is 0 Å². The van der Waals surface area contributed by atoms with Gasteiger partial charge in [0.05, 0.1) is 12.7 Å². The van der Waals surface area contributed by atoms with Gasteiger partial charge in [0.25, 0.3) is 0 Å². The molecule has 0 aliphatic carbocycles. The van der Waals surface area contributed by atoms with E-state index in [0.29, 0.717) is 6.10 Å². The second kappa shape index (κ2) is 1.66.